The lowest BCUT2D eigenvalue weighted by atomic mass is 10.2. The lowest BCUT2D eigenvalue weighted by molar-refractivity contribution is 0.112. The summed E-state index contributed by atoms with van der Waals surface area (Å²) < 4.78 is 0. The molecule has 5 heteroatoms. The van der Waals surface area contributed by atoms with Gasteiger partial charge < -0.3 is 5.11 Å². The third kappa shape index (κ3) is 1.51. The number of halogens is 3. The van der Waals surface area contributed by atoms with Gasteiger partial charge in [0.2, 0.25) is 0 Å². The van der Waals surface area contributed by atoms with Crippen LogP contribution in [0.2, 0.25) is 15.1 Å². The molecule has 0 saturated carbocycles. The average Bonchev–Trinajstić information content (AvgIpc) is 2.01. The van der Waals surface area contributed by atoms with Gasteiger partial charge in [0.15, 0.2) is 6.29 Å². The molecular weight excluding hydrogens is 222 g/mol. The SMILES string of the molecule is O=Cc1c(Cl)cc(O)c(Cl)c1Cl. The fourth-order valence-electron chi connectivity index (χ4n) is 0.705. The Morgan fingerprint density at radius 3 is 2.33 bits per heavy atom. The second-order valence-electron chi connectivity index (χ2n) is 2.04. The van der Waals surface area contributed by atoms with Crippen molar-refractivity contribution in [2.24, 2.45) is 0 Å². The minimum Gasteiger partial charge on any atom is -0.506 e. The fraction of sp³-hybridized carbons (Fsp3) is 0. The second-order valence-corrected chi connectivity index (χ2v) is 3.20. The van der Waals surface area contributed by atoms with Crippen molar-refractivity contribution >= 4 is 41.1 Å². The summed E-state index contributed by atoms with van der Waals surface area (Å²) in [6.45, 7) is 0. The van der Waals surface area contributed by atoms with Crippen molar-refractivity contribution in [2.45, 2.75) is 0 Å². The molecule has 0 radical (unpaired) electrons. The monoisotopic (exact) mass is 224 g/mol. The number of phenolic OH excluding ortho intramolecular Hbond substituents is 1. The van der Waals surface area contributed by atoms with Crippen molar-refractivity contribution in [3.63, 3.8) is 0 Å². The average molecular weight is 225 g/mol. The number of benzene rings is 1. The van der Waals surface area contributed by atoms with Crippen LogP contribution in [0.4, 0.5) is 0 Å². The van der Waals surface area contributed by atoms with Gasteiger partial charge in [0, 0.05) is 6.07 Å². The van der Waals surface area contributed by atoms with Crippen LogP contribution in [-0.4, -0.2) is 11.4 Å². The first-order valence-electron chi connectivity index (χ1n) is 2.89. The van der Waals surface area contributed by atoms with E-state index in [1.807, 2.05) is 0 Å². The molecule has 0 heterocycles. The van der Waals surface area contributed by atoms with Crippen molar-refractivity contribution < 1.29 is 9.90 Å². The molecule has 1 N–H and O–H groups in total. The van der Waals surface area contributed by atoms with Gasteiger partial charge in [-0.2, -0.15) is 0 Å². The number of hydrogen-bond donors (Lipinski definition) is 1. The van der Waals surface area contributed by atoms with Gasteiger partial charge in [-0.15, -0.1) is 0 Å². The molecule has 1 aromatic carbocycles. The van der Waals surface area contributed by atoms with Crippen molar-refractivity contribution in [1.82, 2.24) is 0 Å². The fourth-order valence-corrected chi connectivity index (χ4v) is 1.39. The number of aldehydes is 1. The molecule has 0 saturated heterocycles. The molecule has 0 aliphatic heterocycles. The molecule has 1 rings (SSSR count). The Bertz CT molecular complexity index is 336. The van der Waals surface area contributed by atoms with Gasteiger partial charge in [0.25, 0.3) is 0 Å². The number of carbonyl (C=O) groups excluding carboxylic acids is 1. The standard InChI is InChI=1S/C7H3Cl3O2/c8-4-1-5(12)7(10)6(9)3(4)2-11/h1-2,12H. The molecule has 0 aromatic heterocycles. The maximum absolute atomic E-state index is 10.4. The Morgan fingerprint density at radius 2 is 1.83 bits per heavy atom. The predicted octanol–water partition coefficient (Wildman–Crippen LogP) is 3.16. The predicted molar refractivity (Wildman–Crippen MR) is 48.5 cm³/mol. The second kappa shape index (κ2) is 3.52. The Hall–Kier alpha value is -0.440. The quantitative estimate of drug-likeness (QED) is 0.589. The maximum Gasteiger partial charge on any atom is 0.153 e. The number of carbonyl (C=O) groups is 1. The maximum atomic E-state index is 10.4. The van der Waals surface area contributed by atoms with Gasteiger partial charge in [-0.05, 0) is 0 Å². The minimum absolute atomic E-state index is 0.0309. The molecule has 0 spiro atoms. The molecule has 0 aliphatic carbocycles. The summed E-state index contributed by atoms with van der Waals surface area (Å²) in [4.78, 5) is 10.4. The first kappa shape index (κ1) is 9.65. The van der Waals surface area contributed by atoms with E-state index in [0.29, 0.717) is 6.29 Å². The summed E-state index contributed by atoms with van der Waals surface area (Å²) in [6.07, 6.45) is 0.482. The van der Waals surface area contributed by atoms with E-state index in [9.17, 15) is 4.79 Å². The smallest absolute Gasteiger partial charge is 0.153 e. The van der Waals surface area contributed by atoms with Gasteiger partial charge in [-0.3, -0.25) is 4.79 Å². The number of aromatic hydroxyl groups is 1. The van der Waals surface area contributed by atoms with E-state index in [1.54, 1.807) is 0 Å². The molecule has 2 nitrogen and oxygen atoms in total. The largest absolute Gasteiger partial charge is 0.506 e. The zero-order valence-corrected chi connectivity index (χ0v) is 7.91. The van der Waals surface area contributed by atoms with E-state index in [2.05, 4.69) is 0 Å². The van der Waals surface area contributed by atoms with Crippen molar-refractivity contribution in [1.29, 1.82) is 0 Å². The van der Waals surface area contributed by atoms with Gasteiger partial charge in [0.1, 0.15) is 10.8 Å². The molecule has 0 unspecified atom stereocenters. The van der Waals surface area contributed by atoms with Crippen LogP contribution in [0.5, 0.6) is 5.75 Å². The van der Waals surface area contributed by atoms with E-state index < -0.39 is 0 Å². The van der Waals surface area contributed by atoms with Gasteiger partial charge in [0.05, 0.1) is 15.6 Å². The molecule has 0 atom stereocenters. The molecule has 64 valence electrons. The van der Waals surface area contributed by atoms with Gasteiger partial charge in [-0.25, -0.2) is 0 Å². The summed E-state index contributed by atoms with van der Waals surface area (Å²) in [5, 5.41) is 9.07. The third-order valence-corrected chi connectivity index (χ3v) is 2.48. The number of hydrogen-bond acceptors (Lipinski definition) is 2. The zero-order valence-electron chi connectivity index (χ0n) is 5.64. The van der Waals surface area contributed by atoms with Crippen LogP contribution in [0.15, 0.2) is 6.07 Å². The molecule has 0 fully saturated rings. The van der Waals surface area contributed by atoms with E-state index in [0.717, 1.165) is 0 Å². The Morgan fingerprint density at radius 1 is 1.25 bits per heavy atom. The highest BCUT2D eigenvalue weighted by atomic mass is 35.5. The first-order valence-corrected chi connectivity index (χ1v) is 4.03. The first-order chi connectivity index (χ1) is 5.57. The summed E-state index contributed by atoms with van der Waals surface area (Å²) in [5.41, 5.74) is 0.0844. The van der Waals surface area contributed by atoms with Crippen LogP contribution in [0.1, 0.15) is 10.4 Å². The molecule has 0 amide bonds. The zero-order chi connectivity index (χ0) is 9.30. The summed E-state index contributed by atoms with van der Waals surface area (Å²) in [5.74, 6) is -0.239. The van der Waals surface area contributed by atoms with Crippen molar-refractivity contribution in [2.75, 3.05) is 0 Å². The van der Waals surface area contributed by atoms with E-state index in [-0.39, 0.29) is 26.4 Å². The highest BCUT2D eigenvalue weighted by molar-refractivity contribution is 6.46. The van der Waals surface area contributed by atoms with E-state index in [4.69, 9.17) is 39.9 Å². The van der Waals surface area contributed by atoms with Crippen LogP contribution in [0.3, 0.4) is 0 Å². The molecular formula is C7H3Cl3O2. The van der Waals surface area contributed by atoms with Crippen LogP contribution in [-0.2, 0) is 0 Å². The van der Waals surface area contributed by atoms with E-state index >= 15 is 0 Å². The summed E-state index contributed by atoms with van der Waals surface area (Å²) in [6, 6.07) is 1.17. The summed E-state index contributed by atoms with van der Waals surface area (Å²) >= 11 is 16.7. The lowest BCUT2D eigenvalue weighted by Crippen LogP contribution is -1.85. The highest BCUT2D eigenvalue weighted by Crippen LogP contribution is 2.37. The Labute approximate surface area is 83.7 Å². The van der Waals surface area contributed by atoms with Crippen molar-refractivity contribution in [3.8, 4) is 5.75 Å². The molecule has 0 aliphatic rings. The van der Waals surface area contributed by atoms with Crippen LogP contribution >= 0.6 is 34.8 Å². The molecule has 12 heavy (non-hydrogen) atoms. The number of rotatable bonds is 1. The topological polar surface area (TPSA) is 37.3 Å². The van der Waals surface area contributed by atoms with Crippen LogP contribution in [0, 0.1) is 0 Å². The normalized spacial score (nSPS) is 9.92. The lowest BCUT2D eigenvalue weighted by Gasteiger charge is -2.03. The third-order valence-electron chi connectivity index (χ3n) is 1.29. The molecule has 1 aromatic rings. The highest BCUT2D eigenvalue weighted by Gasteiger charge is 2.12. The van der Waals surface area contributed by atoms with Crippen LogP contribution < -0.4 is 0 Å². The molecule has 0 bridgehead atoms. The Balaban J connectivity index is 3.51. The van der Waals surface area contributed by atoms with Gasteiger partial charge >= 0.3 is 0 Å². The van der Waals surface area contributed by atoms with Gasteiger partial charge in [-0.1, -0.05) is 34.8 Å². The van der Waals surface area contributed by atoms with Crippen molar-refractivity contribution in [3.05, 3.63) is 26.7 Å². The minimum atomic E-state index is -0.239. The van der Waals surface area contributed by atoms with E-state index in [1.165, 1.54) is 6.07 Å². The van der Waals surface area contributed by atoms with Crippen LogP contribution in [0.25, 0.3) is 0 Å². The summed E-state index contributed by atoms with van der Waals surface area (Å²) in [7, 11) is 0. The Kier molecular flexibility index (Phi) is 2.83. The number of phenols is 1.